The van der Waals surface area contributed by atoms with Gasteiger partial charge in [0.25, 0.3) is 0 Å². The second-order valence-electron chi connectivity index (χ2n) is 5.22. The average Bonchev–Trinajstić information content (AvgIpc) is 2.41. The van der Waals surface area contributed by atoms with Gasteiger partial charge in [0.2, 0.25) is 0 Å². The van der Waals surface area contributed by atoms with Gasteiger partial charge in [0, 0.05) is 6.54 Å². The van der Waals surface area contributed by atoms with Gasteiger partial charge in [0.15, 0.2) is 0 Å². The number of hydrogen-bond donors (Lipinski definition) is 2. The van der Waals surface area contributed by atoms with Crippen LogP contribution in [0.5, 0.6) is 0 Å². The van der Waals surface area contributed by atoms with Gasteiger partial charge in [-0.05, 0) is 45.4 Å². The fraction of sp³-hybridized carbons (Fsp3) is 0.733. The fourth-order valence-corrected chi connectivity index (χ4v) is 1.82. The summed E-state index contributed by atoms with van der Waals surface area (Å²) in [6.45, 7) is 6.90. The number of carboxylic acid groups (broad SMARTS) is 1. The van der Waals surface area contributed by atoms with E-state index in [1.165, 1.54) is 11.8 Å². The molecule has 0 saturated carbocycles. The van der Waals surface area contributed by atoms with E-state index in [2.05, 4.69) is 11.6 Å². The number of aliphatic hydroxyl groups excluding tert-OH is 1. The first kappa shape index (κ1) is 23.5. The molecule has 2 unspecified atom stereocenters. The van der Waals surface area contributed by atoms with Crippen molar-refractivity contribution in [2.45, 2.75) is 58.1 Å². The number of allylic oxidation sites excluding steroid dienone is 1. The number of carboxylic acids is 1. The van der Waals surface area contributed by atoms with Crippen molar-refractivity contribution in [3.8, 4) is 0 Å². The van der Waals surface area contributed by atoms with Crippen LogP contribution in [-0.4, -0.2) is 52.3 Å². The Hall–Kier alpha value is -0.803. The number of hydrogen-bond acceptors (Lipinski definition) is 5. The Morgan fingerprint density at radius 2 is 2.00 bits per heavy atom. The quantitative estimate of drug-likeness (QED) is 0.143. The van der Waals surface area contributed by atoms with E-state index in [0.29, 0.717) is 6.42 Å². The van der Waals surface area contributed by atoms with Crippen LogP contribution < -0.4 is 24.0 Å². The number of aliphatic carboxylic acids is 1. The first-order valence-electron chi connectivity index (χ1n) is 7.34. The second kappa shape index (κ2) is 13.8. The number of carbonyl (C=O) groups is 1. The maximum Gasteiger partial charge on any atom is 1.00 e. The summed E-state index contributed by atoms with van der Waals surface area (Å²) < 4.78 is 0. The number of nitrogens with zero attached hydrogens (tertiary/aromatic N) is 2. The Labute approximate surface area is 145 Å². The molecule has 0 aromatic heterocycles. The zero-order chi connectivity index (χ0) is 16.3. The Kier molecular flexibility index (Phi) is 14.8. The zero-order valence-corrected chi connectivity index (χ0v) is 14.0. The predicted octanol–water partition coefficient (Wildman–Crippen LogP) is -2.00. The standard InChI is InChI=1S/C15H28N2O4.Li/c1-4-5-6-7-8-9-14(19)16-11-17(10-12(2)18)13(3)15(20)21;/h4,12-13,18H,1,5-11H2,2-3H3,(H,16,19)(H,20,21);/q;+1/p-1. The van der Waals surface area contributed by atoms with E-state index in [0.717, 1.165) is 25.7 Å². The molecule has 7 heteroatoms. The largest absolute Gasteiger partial charge is 1.00 e. The summed E-state index contributed by atoms with van der Waals surface area (Å²) in [4.78, 5) is 16.3. The smallest absolute Gasteiger partial charge is 0.862 e. The monoisotopic (exact) mass is 306 g/mol. The average molecular weight is 306 g/mol. The molecule has 0 amide bonds. The van der Waals surface area contributed by atoms with Crippen molar-refractivity contribution in [3.63, 3.8) is 0 Å². The van der Waals surface area contributed by atoms with Crippen molar-refractivity contribution in [3.05, 3.63) is 12.7 Å². The van der Waals surface area contributed by atoms with Gasteiger partial charge in [-0.25, -0.2) is 0 Å². The minimum absolute atomic E-state index is 0. The van der Waals surface area contributed by atoms with Crippen LogP contribution in [0.1, 0.15) is 46.0 Å². The molecule has 0 aliphatic heterocycles. The molecule has 0 bridgehead atoms. The van der Waals surface area contributed by atoms with E-state index in [4.69, 9.17) is 5.11 Å². The molecule has 0 aromatic carbocycles. The summed E-state index contributed by atoms with van der Waals surface area (Å²) in [7, 11) is 0. The van der Waals surface area contributed by atoms with Crippen molar-refractivity contribution in [1.29, 1.82) is 0 Å². The van der Waals surface area contributed by atoms with Crippen LogP contribution in [0.2, 0.25) is 0 Å². The fourth-order valence-electron chi connectivity index (χ4n) is 1.82. The van der Waals surface area contributed by atoms with Crippen LogP contribution in [-0.2, 0) is 4.79 Å². The first-order chi connectivity index (χ1) is 9.88. The normalized spacial score (nSPS) is 14.3. The SMILES string of the molecule is C=CCCCCCC([O-])=NCN(CC(C)O)C(C)C(=O)O.[Li+]. The van der Waals surface area contributed by atoms with Crippen LogP contribution in [0.25, 0.3) is 0 Å². The molecule has 122 valence electrons. The predicted molar refractivity (Wildman–Crippen MR) is 81.1 cm³/mol. The molecule has 0 spiro atoms. The molecule has 22 heavy (non-hydrogen) atoms. The molecule has 0 rings (SSSR count). The van der Waals surface area contributed by atoms with Gasteiger partial charge in [-0.2, -0.15) is 0 Å². The Morgan fingerprint density at radius 3 is 2.50 bits per heavy atom. The Bertz CT molecular complexity index is 348. The van der Waals surface area contributed by atoms with Gasteiger partial charge < -0.3 is 15.3 Å². The Balaban J connectivity index is 0. The van der Waals surface area contributed by atoms with Crippen LogP contribution in [0, 0.1) is 0 Å². The van der Waals surface area contributed by atoms with Crippen molar-refractivity contribution >= 4 is 11.9 Å². The number of aliphatic hydroxyl groups is 1. The van der Waals surface area contributed by atoms with Gasteiger partial charge in [-0.15, -0.1) is 6.58 Å². The van der Waals surface area contributed by atoms with Crippen LogP contribution in [0.15, 0.2) is 17.6 Å². The molecule has 2 N–H and O–H groups in total. The van der Waals surface area contributed by atoms with Crippen LogP contribution >= 0.6 is 0 Å². The summed E-state index contributed by atoms with van der Waals surface area (Å²) in [6.07, 6.45) is 5.26. The zero-order valence-electron chi connectivity index (χ0n) is 14.0. The van der Waals surface area contributed by atoms with Gasteiger partial charge in [0.05, 0.1) is 12.8 Å². The number of rotatable bonds is 12. The second-order valence-corrected chi connectivity index (χ2v) is 5.22. The summed E-state index contributed by atoms with van der Waals surface area (Å²) >= 11 is 0. The third-order valence-electron chi connectivity index (χ3n) is 3.13. The van der Waals surface area contributed by atoms with Crippen LogP contribution in [0.4, 0.5) is 0 Å². The molecule has 0 heterocycles. The van der Waals surface area contributed by atoms with E-state index in [-0.39, 0.29) is 38.0 Å². The van der Waals surface area contributed by atoms with E-state index >= 15 is 0 Å². The number of aliphatic imine (C=N–C) groups is 1. The number of unbranched alkanes of at least 4 members (excludes halogenated alkanes) is 3. The molecule has 0 aliphatic carbocycles. The molecular weight excluding hydrogens is 279 g/mol. The van der Waals surface area contributed by atoms with Gasteiger partial charge in [-0.3, -0.25) is 14.7 Å². The molecule has 2 atom stereocenters. The topological polar surface area (TPSA) is 96.2 Å². The Morgan fingerprint density at radius 1 is 1.36 bits per heavy atom. The molecule has 0 saturated heterocycles. The summed E-state index contributed by atoms with van der Waals surface area (Å²) in [5.41, 5.74) is 0. The first-order valence-corrected chi connectivity index (χ1v) is 7.34. The molecule has 6 nitrogen and oxygen atoms in total. The van der Waals surface area contributed by atoms with Gasteiger partial charge >= 0.3 is 24.8 Å². The molecule has 0 aliphatic rings. The van der Waals surface area contributed by atoms with Crippen molar-refractivity contribution in [2.24, 2.45) is 4.99 Å². The van der Waals surface area contributed by atoms with Crippen molar-refractivity contribution in [2.75, 3.05) is 13.2 Å². The summed E-state index contributed by atoms with van der Waals surface area (Å²) in [6, 6.07) is -0.788. The molecule has 0 radical (unpaired) electrons. The van der Waals surface area contributed by atoms with Crippen molar-refractivity contribution < 1.29 is 39.0 Å². The maximum atomic E-state index is 11.6. The summed E-state index contributed by atoms with van der Waals surface area (Å²) in [5.74, 6) is -1.22. The van der Waals surface area contributed by atoms with Crippen molar-refractivity contribution in [1.82, 2.24) is 4.90 Å². The van der Waals surface area contributed by atoms with E-state index in [1.807, 2.05) is 6.08 Å². The third kappa shape index (κ3) is 11.8. The molecule has 0 aromatic rings. The maximum absolute atomic E-state index is 11.6. The van der Waals surface area contributed by atoms with E-state index in [1.54, 1.807) is 6.92 Å². The van der Waals surface area contributed by atoms with E-state index in [9.17, 15) is 15.0 Å². The minimum Gasteiger partial charge on any atom is -0.862 e. The van der Waals surface area contributed by atoms with Gasteiger partial charge in [-0.1, -0.05) is 12.5 Å². The van der Waals surface area contributed by atoms with Crippen LogP contribution in [0.3, 0.4) is 0 Å². The van der Waals surface area contributed by atoms with Gasteiger partial charge in [0.1, 0.15) is 6.04 Å². The molecular formula is C15H27LiN2O4. The van der Waals surface area contributed by atoms with E-state index < -0.39 is 18.1 Å². The third-order valence-corrected chi connectivity index (χ3v) is 3.13. The summed E-state index contributed by atoms with van der Waals surface area (Å²) in [5, 5.41) is 30.0. The minimum atomic E-state index is -0.997. The molecule has 0 fully saturated rings.